The molecule has 5 atom stereocenters. The third-order valence-electron chi connectivity index (χ3n) is 8.71. The molecule has 0 spiro atoms. The molecule has 0 bridgehead atoms. The second-order valence-electron chi connectivity index (χ2n) is 13.8. The van der Waals surface area contributed by atoms with Gasteiger partial charge in [-0.25, -0.2) is 9.59 Å². The van der Waals surface area contributed by atoms with Crippen molar-refractivity contribution in [3.05, 3.63) is 6.92 Å². The third kappa shape index (κ3) is 30.8. The van der Waals surface area contributed by atoms with Crippen molar-refractivity contribution in [3.63, 3.8) is 0 Å². The zero-order valence-corrected chi connectivity index (χ0v) is 37.3. The number of ketones is 2. The first-order valence-corrected chi connectivity index (χ1v) is 23.9. The molecule has 1 unspecified atom stereocenters. The van der Waals surface area contributed by atoms with Gasteiger partial charge in [-0.2, -0.15) is 0 Å². The van der Waals surface area contributed by atoms with E-state index in [1.54, 1.807) is 6.92 Å². The number of primary amides is 1. The molecule has 348 valence electrons. The molecule has 61 heavy (non-hydrogen) atoms. The van der Waals surface area contributed by atoms with Crippen LogP contribution in [0.4, 0.5) is 4.79 Å². The molecule has 0 rings (SSSR count). The molecule has 2 radical (unpaired) electrons. The van der Waals surface area contributed by atoms with Gasteiger partial charge in [-0.05, 0) is 45.4 Å². The number of carbonyl (C=O) groups is 9. The fraction of sp³-hybridized carbons (Fsp3) is 0.730. The van der Waals surface area contributed by atoms with E-state index in [-0.39, 0.29) is 68.6 Å². The number of rotatable bonds is 38. The Morgan fingerprint density at radius 2 is 1.34 bits per heavy atom. The van der Waals surface area contributed by atoms with Gasteiger partial charge in [-0.1, -0.05) is 47.8 Å². The molecule has 6 amide bonds. The maximum Gasteiger partial charge on any atom is 0.327 e. The zero-order chi connectivity index (χ0) is 46.2. The van der Waals surface area contributed by atoms with Crippen LogP contribution in [0.3, 0.4) is 0 Å². The Labute approximate surface area is 364 Å². The van der Waals surface area contributed by atoms with E-state index in [0.717, 1.165) is 43.6 Å². The number of amides is 6. The van der Waals surface area contributed by atoms with Crippen LogP contribution in [-0.2, 0) is 52.0 Å². The van der Waals surface area contributed by atoms with Gasteiger partial charge in [0.2, 0.25) is 23.6 Å². The van der Waals surface area contributed by atoms with E-state index in [1.807, 2.05) is 0 Å². The highest BCUT2D eigenvalue weighted by atomic mass is 33.1. The fourth-order valence-electron chi connectivity index (χ4n) is 5.25. The molecule has 0 aliphatic carbocycles. The van der Waals surface area contributed by atoms with E-state index in [9.17, 15) is 62.8 Å². The number of aliphatic carboxylic acids is 2. The molecular formula is C37H62N6O15PS2-. The average Bonchev–Trinajstić information content (AvgIpc) is 3.19. The number of nitrogens with one attached hydrogen (secondary N) is 5. The van der Waals surface area contributed by atoms with Crippen molar-refractivity contribution in [1.29, 1.82) is 0 Å². The van der Waals surface area contributed by atoms with Gasteiger partial charge in [-0.3, -0.25) is 38.1 Å². The number of carboxylic acid groups (broad SMARTS) is 2. The molecule has 9 N–H and O–H groups in total. The maximum atomic E-state index is 13.4. The molecule has 21 nitrogen and oxygen atoms in total. The van der Waals surface area contributed by atoms with Crippen LogP contribution in [0.5, 0.6) is 0 Å². The number of hydrogen-bond acceptors (Lipinski definition) is 15. The number of unbranched alkanes of at least 4 members (excludes halogenated alkanes) is 5. The van der Waals surface area contributed by atoms with Crippen LogP contribution in [0.2, 0.25) is 0 Å². The van der Waals surface area contributed by atoms with Crippen LogP contribution >= 0.6 is 29.4 Å². The molecule has 24 heteroatoms. The number of urea groups is 1. The number of phosphoric ester groups is 1. The summed E-state index contributed by atoms with van der Waals surface area (Å²) in [6, 6.07) is -3.58. The number of carbonyl (C=O) groups excluding carboxylic acids is 7. The minimum Gasteiger partial charge on any atom is -0.756 e. The van der Waals surface area contributed by atoms with Gasteiger partial charge >= 0.3 is 18.0 Å². The van der Waals surface area contributed by atoms with E-state index in [4.69, 9.17) is 12.7 Å². The highest BCUT2D eigenvalue weighted by Gasteiger charge is 2.32. The summed E-state index contributed by atoms with van der Waals surface area (Å²) in [5.74, 6) is -8.70. The van der Waals surface area contributed by atoms with E-state index in [2.05, 4.69) is 35.6 Å². The lowest BCUT2D eigenvalue weighted by atomic mass is 9.92. The largest absolute Gasteiger partial charge is 0.756 e. The second kappa shape index (κ2) is 33.8. The first-order valence-electron chi connectivity index (χ1n) is 20.0. The molecule has 0 aromatic carbocycles. The van der Waals surface area contributed by atoms with E-state index in [0.29, 0.717) is 44.5 Å². The van der Waals surface area contributed by atoms with Gasteiger partial charge in [0.25, 0.3) is 7.82 Å². The lowest BCUT2D eigenvalue weighted by molar-refractivity contribution is -0.223. The van der Waals surface area contributed by atoms with Crippen molar-refractivity contribution >= 4 is 82.6 Å². The number of phosphoric acid groups is 1. The molecule has 0 aliphatic heterocycles. The lowest BCUT2D eigenvalue weighted by Gasteiger charge is -2.23. The summed E-state index contributed by atoms with van der Waals surface area (Å²) in [4.78, 5) is 121. The first-order chi connectivity index (χ1) is 28.8. The SMILES string of the molecule is [CH][C@H](CC(=O)CC)C(=O)N[C@@H](CCCNC(N)=O)C(=O)C[C@@H](CC(=O)O)C(=O)N[C@@H](CSSCCC(=O)NCCCCCC(=O)NCCCCCCOP(=O)([O-])OC)C(=O)O. The van der Waals surface area contributed by atoms with Crippen LogP contribution in [-0.4, -0.2) is 120 Å². The maximum absolute atomic E-state index is 13.4. The van der Waals surface area contributed by atoms with E-state index in [1.165, 1.54) is 10.8 Å². The van der Waals surface area contributed by atoms with Gasteiger partial charge in [0.05, 0.1) is 25.0 Å². The number of hydrogen-bond donors (Lipinski definition) is 8. The summed E-state index contributed by atoms with van der Waals surface area (Å²) in [5, 5.41) is 31.9. The van der Waals surface area contributed by atoms with Gasteiger partial charge in [0.15, 0.2) is 5.78 Å². The van der Waals surface area contributed by atoms with Crippen LogP contribution in [0.1, 0.15) is 103 Å². The van der Waals surface area contributed by atoms with Crippen LogP contribution in [0, 0.1) is 18.8 Å². The summed E-state index contributed by atoms with van der Waals surface area (Å²) in [7, 11) is -0.913. The number of Topliss-reactive ketones (excluding diaryl/α,β-unsaturated/α-hetero) is 2. The average molecular weight is 926 g/mol. The Kier molecular flexibility index (Phi) is 31.7. The Morgan fingerprint density at radius 3 is 1.93 bits per heavy atom. The molecular weight excluding hydrogens is 864 g/mol. The predicted molar refractivity (Wildman–Crippen MR) is 224 cm³/mol. The van der Waals surface area contributed by atoms with Crippen molar-refractivity contribution in [1.82, 2.24) is 26.6 Å². The fourth-order valence-corrected chi connectivity index (χ4v) is 7.85. The van der Waals surface area contributed by atoms with Crippen molar-refractivity contribution < 1.29 is 71.9 Å². The van der Waals surface area contributed by atoms with E-state index >= 15 is 0 Å². The van der Waals surface area contributed by atoms with Crippen molar-refractivity contribution in [3.8, 4) is 0 Å². The Balaban J connectivity index is 4.70. The zero-order valence-electron chi connectivity index (χ0n) is 34.8. The van der Waals surface area contributed by atoms with Gasteiger partial charge in [0.1, 0.15) is 11.8 Å². The molecule has 0 aromatic heterocycles. The number of carboxylic acids is 2. The van der Waals surface area contributed by atoms with Crippen LogP contribution in [0.15, 0.2) is 0 Å². The minimum atomic E-state index is -4.20. The van der Waals surface area contributed by atoms with Gasteiger partial charge in [0, 0.05) is 76.3 Å². The summed E-state index contributed by atoms with van der Waals surface area (Å²) >= 11 is 0. The highest BCUT2D eigenvalue weighted by Crippen LogP contribution is 2.36. The quantitative estimate of drug-likeness (QED) is 0.0247. The Morgan fingerprint density at radius 1 is 0.754 bits per heavy atom. The molecule has 0 saturated carbocycles. The van der Waals surface area contributed by atoms with Crippen LogP contribution < -0.4 is 37.2 Å². The van der Waals surface area contributed by atoms with Crippen molar-refractivity contribution in [2.75, 3.05) is 44.9 Å². The normalized spacial score (nSPS) is 14.0. The third-order valence-corrected chi connectivity index (χ3v) is 12.1. The monoisotopic (exact) mass is 925 g/mol. The second-order valence-corrected chi connectivity index (χ2v) is 18.0. The van der Waals surface area contributed by atoms with E-state index < -0.39 is 80.2 Å². The smallest absolute Gasteiger partial charge is 0.327 e. The Bertz CT molecular complexity index is 1480. The standard InChI is InChI=1S/C37H63N6O15PS2/c1-4-27(44)21-25(2)34(50)42-28(13-12-18-41-37(38)54)30(45)22-26(23-33(48)49)35(51)43-29(36(52)53)24-61-60-20-15-32(47)40-17-10-7-8-14-31(46)39-16-9-5-6-11-19-58-59(55,56)57-3/h2,25-26,28-29H,4-24H2,1,3H3,(H,39,46)(H,40,47)(H,42,50)(H,43,51)(H,48,49)(H,52,53)(H,55,56)(H3,38,41,54)/p-1/t25-,26+,28+,29+/m1/s1. The van der Waals surface area contributed by atoms with Gasteiger partial charge < -0.3 is 56.5 Å². The molecule has 0 aromatic rings. The molecule has 0 aliphatic rings. The predicted octanol–water partition coefficient (Wildman–Crippen LogP) is 1.49. The summed E-state index contributed by atoms with van der Waals surface area (Å²) < 4.78 is 19.9. The minimum absolute atomic E-state index is 0.0253. The molecule has 0 heterocycles. The lowest BCUT2D eigenvalue weighted by Crippen LogP contribution is -2.48. The molecule has 0 fully saturated rings. The topological polar surface area (TPSA) is 339 Å². The summed E-state index contributed by atoms with van der Waals surface area (Å²) in [5.41, 5.74) is 5.06. The van der Waals surface area contributed by atoms with Crippen molar-refractivity contribution in [2.24, 2.45) is 17.6 Å². The molecule has 0 saturated heterocycles. The highest BCUT2D eigenvalue weighted by molar-refractivity contribution is 8.76. The summed E-state index contributed by atoms with van der Waals surface area (Å²) in [6.45, 7) is 8.41. The van der Waals surface area contributed by atoms with Crippen LogP contribution in [0.25, 0.3) is 0 Å². The van der Waals surface area contributed by atoms with Gasteiger partial charge in [-0.15, -0.1) is 0 Å². The van der Waals surface area contributed by atoms with Crippen molar-refractivity contribution in [2.45, 2.75) is 115 Å². The summed E-state index contributed by atoms with van der Waals surface area (Å²) in [6.07, 6.45) is 3.74. The Hall–Kier alpha value is -3.76. The first kappa shape index (κ1) is 57.2. The number of nitrogens with two attached hydrogens (primary N) is 1.